The summed E-state index contributed by atoms with van der Waals surface area (Å²) in [4.78, 5) is 12.3. The number of carboxylic acid groups (broad SMARTS) is 1. The van der Waals surface area contributed by atoms with Gasteiger partial charge in [0.25, 0.3) is 0 Å². The van der Waals surface area contributed by atoms with E-state index in [0.717, 1.165) is 30.6 Å². The third-order valence-electron chi connectivity index (χ3n) is 3.20. The fourth-order valence-electron chi connectivity index (χ4n) is 1.88. The number of rotatable bonds is 4. The molecule has 86 valence electrons. The predicted molar refractivity (Wildman–Crippen MR) is 65.9 cm³/mol. The minimum absolute atomic E-state index is 0.548. The highest BCUT2D eigenvalue weighted by Crippen LogP contribution is 2.47. The molecule has 0 radical (unpaired) electrons. The number of carboxylic acids is 1. The molecule has 0 spiro atoms. The second kappa shape index (κ2) is 4.50. The molecule has 1 aromatic rings. The molecule has 2 nitrogen and oxygen atoms in total. The normalized spacial score (nSPS) is 17.8. The number of thioether (sulfide) groups is 1. The Morgan fingerprint density at radius 1 is 1.38 bits per heavy atom. The highest BCUT2D eigenvalue weighted by molar-refractivity contribution is 8.01. The fourth-order valence-corrected chi connectivity index (χ4v) is 3.18. The molecule has 1 N–H and O–H groups in total. The molecule has 0 atom stereocenters. The van der Waals surface area contributed by atoms with Gasteiger partial charge in [-0.1, -0.05) is 19.1 Å². The van der Waals surface area contributed by atoms with Gasteiger partial charge in [-0.05, 0) is 43.4 Å². The monoisotopic (exact) mass is 236 g/mol. The van der Waals surface area contributed by atoms with Crippen molar-refractivity contribution >= 4 is 17.7 Å². The van der Waals surface area contributed by atoms with Gasteiger partial charge in [0.1, 0.15) is 4.75 Å². The third kappa shape index (κ3) is 2.09. The molecule has 3 heteroatoms. The molecule has 0 unspecified atom stereocenters. The van der Waals surface area contributed by atoms with E-state index in [1.807, 2.05) is 12.1 Å². The number of aliphatic carboxylic acids is 1. The molecule has 0 aromatic heterocycles. The smallest absolute Gasteiger partial charge is 0.320 e. The zero-order chi connectivity index (χ0) is 11.6. The Morgan fingerprint density at radius 2 is 2.00 bits per heavy atom. The van der Waals surface area contributed by atoms with Crippen molar-refractivity contribution in [2.45, 2.75) is 42.2 Å². The molecule has 16 heavy (non-hydrogen) atoms. The van der Waals surface area contributed by atoms with E-state index in [9.17, 15) is 9.90 Å². The van der Waals surface area contributed by atoms with Crippen molar-refractivity contribution in [3.8, 4) is 0 Å². The van der Waals surface area contributed by atoms with Gasteiger partial charge >= 0.3 is 5.97 Å². The quantitative estimate of drug-likeness (QED) is 0.871. The minimum Gasteiger partial charge on any atom is -0.480 e. The Bertz CT molecular complexity index is 379. The predicted octanol–water partition coefficient (Wildman–Crippen LogP) is 3.35. The standard InChI is InChI=1S/C13H16O2S/c1-2-10-4-6-11(7-5-10)16-13(12(14)15)8-3-9-13/h4-7H,2-3,8-9H2,1H3,(H,14,15). The first kappa shape index (κ1) is 11.5. The summed E-state index contributed by atoms with van der Waals surface area (Å²) >= 11 is 1.51. The van der Waals surface area contributed by atoms with Crippen molar-refractivity contribution in [2.75, 3.05) is 0 Å². The van der Waals surface area contributed by atoms with E-state index in [1.165, 1.54) is 17.3 Å². The molecule has 0 amide bonds. The van der Waals surface area contributed by atoms with E-state index in [2.05, 4.69) is 19.1 Å². The summed E-state index contributed by atoms with van der Waals surface area (Å²) in [7, 11) is 0. The summed E-state index contributed by atoms with van der Waals surface area (Å²) in [6, 6.07) is 8.23. The SMILES string of the molecule is CCc1ccc(SC2(C(=O)O)CCC2)cc1. The molecular weight excluding hydrogens is 220 g/mol. The Kier molecular flexibility index (Phi) is 3.24. The summed E-state index contributed by atoms with van der Waals surface area (Å²) in [5.41, 5.74) is 1.29. The Labute approximate surface area is 100 Å². The van der Waals surface area contributed by atoms with Crippen LogP contribution >= 0.6 is 11.8 Å². The van der Waals surface area contributed by atoms with Crippen LogP contribution in [0.1, 0.15) is 31.7 Å². The molecule has 2 rings (SSSR count). The average Bonchev–Trinajstić information content (AvgIpc) is 2.24. The molecule has 1 aliphatic rings. The molecule has 1 aromatic carbocycles. The van der Waals surface area contributed by atoms with Crippen molar-refractivity contribution in [1.82, 2.24) is 0 Å². The zero-order valence-corrected chi connectivity index (χ0v) is 10.2. The maximum absolute atomic E-state index is 11.2. The first-order valence-corrected chi connectivity index (χ1v) is 6.49. The summed E-state index contributed by atoms with van der Waals surface area (Å²) in [6.45, 7) is 2.12. The fraction of sp³-hybridized carbons (Fsp3) is 0.462. The van der Waals surface area contributed by atoms with Crippen LogP contribution < -0.4 is 0 Å². The van der Waals surface area contributed by atoms with Gasteiger partial charge in [-0.15, -0.1) is 11.8 Å². The van der Waals surface area contributed by atoms with Crippen molar-refractivity contribution < 1.29 is 9.90 Å². The summed E-state index contributed by atoms with van der Waals surface area (Å²) in [5.74, 6) is -0.664. The van der Waals surface area contributed by atoms with Gasteiger partial charge in [0.15, 0.2) is 0 Å². The first-order valence-electron chi connectivity index (χ1n) is 5.68. The molecule has 1 saturated carbocycles. The lowest BCUT2D eigenvalue weighted by Crippen LogP contribution is -2.41. The number of hydrogen-bond acceptors (Lipinski definition) is 2. The Hall–Kier alpha value is -0.960. The van der Waals surface area contributed by atoms with Gasteiger partial charge < -0.3 is 5.11 Å². The van der Waals surface area contributed by atoms with E-state index in [4.69, 9.17) is 0 Å². The highest BCUT2D eigenvalue weighted by Gasteiger charge is 2.45. The van der Waals surface area contributed by atoms with Crippen molar-refractivity contribution in [1.29, 1.82) is 0 Å². The van der Waals surface area contributed by atoms with Crippen LogP contribution in [0.5, 0.6) is 0 Å². The van der Waals surface area contributed by atoms with E-state index in [1.54, 1.807) is 0 Å². The van der Waals surface area contributed by atoms with Crippen LogP contribution in [0.4, 0.5) is 0 Å². The molecule has 0 saturated heterocycles. The van der Waals surface area contributed by atoms with Crippen LogP contribution in [0.15, 0.2) is 29.2 Å². The second-order valence-electron chi connectivity index (χ2n) is 4.25. The average molecular weight is 236 g/mol. The molecule has 1 aliphatic carbocycles. The van der Waals surface area contributed by atoms with Crippen molar-refractivity contribution in [2.24, 2.45) is 0 Å². The van der Waals surface area contributed by atoms with Crippen LogP contribution in [0, 0.1) is 0 Å². The van der Waals surface area contributed by atoms with Crippen LogP contribution in [-0.4, -0.2) is 15.8 Å². The van der Waals surface area contributed by atoms with Gasteiger partial charge in [0.2, 0.25) is 0 Å². The van der Waals surface area contributed by atoms with Crippen LogP contribution in [0.2, 0.25) is 0 Å². The van der Waals surface area contributed by atoms with E-state index in [0.29, 0.717) is 0 Å². The summed E-state index contributed by atoms with van der Waals surface area (Å²) < 4.78 is -0.548. The highest BCUT2D eigenvalue weighted by atomic mass is 32.2. The maximum atomic E-state index is 11.2. The summed E-state index contributed by atoms with van der Waals surface area (Å²) in [5, 5.41) is 9.23. The lowest BCUT2D eigenvalue weighted by Gasteiger charge is -2.36. The Morgan fingerprint density at radius 3 is 2.38 bits per heavy atom. The number of aryl methyl sites for hydroxylation is 1. The van der Waals surface area contributed by atoms with E-state index < -0.39 is 10.7 Å². The van der Waals surface area contributed by atoms with Crippen molar-refractivity contribution in [3.63, 3.8) is 0 Å². The largest absolute Gasteiger partial charge is 0.480 e. The first-order chi connectivity index (χ1) is 7.66. The molecule has 0 aliphatic heterocycles. The van der Waals surface area contributed by atoms with Crippen LogP contribution in [-0.2, 0) is 11.2 Å². The number of hydrogen-bond donors (Lipinski definition) is 1. The maximum Gasteiger partial charge on any atom is 0.320 e. The minimum atomic E-state index is -0.664. The molecular formula is C13H16O2S. The van der Waals surface area contributed by atoms with Crippen molar-refractivity contribution in [3.05, 3.63) is 29.8 Å². The lowest BCUT2D eigenvalue weighted by atomic mass is 9.84. The van der Waals surface area contributed by atoms with E-state index >= 15 is 0 Å². The van der Waals surface area contributed by atoms with Gasteiger partial charge in [0, 0.05) is 4.90 Å². The molecule has 0 heterocycles. The van der Waals surface area contributed by atoms with Crippen LogP contribution in [0.3, 0.4) is 0 Å². The topological polar surface area (TPSA) is 37.3 Å². The van der Waals surface area contributed by atoms with Gasteiger partial charge in [-0.2, -0.15) is 0 Å². The van der Waals surface area contributed by atoms with Gasteiger partial charge in [-0.25, -0.2) is 0 Å². The molecule has 1 fully saturated rings. The second-order valence-corrected chi connectivity index (χ2v) is 5.71. The van der Waals surface area contributed by atoms with Gasteiger partial charge in [-0.3, -0.25) is 4.79 Å². The zero-order valence-electron chi connectivity index (χ0n) is 9.40. The Balaban J connectivity index is 2.10. The number of benzene rings is 1. The molecule has 0 bridgehead atoms. The number of carbonyl (C=O) groups is 1. The summed E-state index contributed by atoms with van der Waals surface area (Å²) in [6.07, 6.45) is 3.65. The third-order valence-corrected chi connectivity index (χ3v) is 4.68. The van der Waals surface area contributed by atoms with Crippen LogP contribution in [0.25, 0.3) is 0 Å². The lowest BCUT2D eigenvalue weighted by molar-refractivity contribution is -0.142. The van der Waals surface area contributed by atoms with Gasteiger partial charge in [0.05, 0.1) is 0 Å². The van der Waals surface area contributed by atoms with E-state index in [-0.39, 0.29) is 0 Å².